The summed E-state index contributed by atoms with van der Waals surface area (Å²) in [5.74, 6) is 0.738. The number of aromatic nitrogens is 2. The fourth-order valence-corrected chi connectivity index (χ4v) is 2.07. The van der Waals surface area contributed by atoms with Crippen molar-refractivity contribution in [1.82, 2.24) is 19.8 Å². The minimum atomic E-state index is -0.119. The number of rotatable bonds is 1. The van der Waals surface area contributed by atoms with E-state index in [1.807, 2.05) is 0 Å². The predicted molar refractivity (Wildman–Crippen MR) is 65.4 cm³/mol. The molecule has 1 aliphatic heterocycles. The lowest BCUT2D eigenvalue weighted by Gasteiger charge is -2.36. The lowest BCUT2D eigenvalue weighted by atomic mass is 10.2. The SMILES string of the molecule is CN1CCN(C)C(c2ncc(Br)c(=O)[nH]2)C1. The average Bonchev–Trinajstić information content (AvgIpc) is 2.26. The zero-order chi connectivity index (χ0) is 11.7. The maximum atomic E-state index is 11.5. The molecule has 1 atom stereocenters. The second-order valence-electron chi connectivity index (χ2n) is 4.20. The summed E-state index contributed by atoms with van der Waals surface area (Å²) in [7, 11) is 4.14. The highest BCUT2D eigenvalue weighted by molar-refractivity contribution is 9.10. The first-order valence-electron chi connectivity index (χ1n) is 5.21. The molecule has 2 rings (SSSR count). The molecule has 1 aromatic heterocycles. The van der Waals surface area contributed by atoms with E-state index in [1.54, 1.807) is 6.20 Å². The summed E-state index contributed by atoms with van der Waals surface area (Å²) in [5, 5.41) is 0. The van der Waals surface area contributed by atoms with Crippen molar-refractivity contribution < 1.29 is 0 Å². The highest BCUT2D eigenvalue weighted by atomic mass is 79.9. The van der Waals surface area contributed by atoms with E-state index >= 15 is 0 Å². The summed E-state index contributed by atoms with van der Waals surface area (Å²) in [6.45, 7) is 2.93. The summed E-state index contributed by atoms with van der Waals surface area (Å²) in [6.07, 6.45) is 1.57. The van der Waals surface area contributed by atoms with Crippen molar-refractivity contribution in [3.63, 3.8) is 0 Å². The maximum Gasteiger partial charge on any atom is 0.265 e. The van der Waals surface area contributed by atoms with Crippen molar-refractivity contribution in [2.24, 2.45) is 0 Å². The lowest BCUT2D eigenvalue weighted by molar-refractivity contribution is 0.109. The molecule has 1 N–H and O–H groups in total. The third kappa shape index (κ3) is 2.34. The Bertz CT molecular complexity index is 433. The lowest BCUT2D eigenvalue weighted by Crippen LogP contribution is -2.45. The molecule has 0 radical (unpaired) electrons. The van der Waals surface area contributed by atoms with Crippen LogP contribution >= 0.6 is 15.9 Å². The van der Waals surface area contributed by atoms with E-state index in [9.17, 15) is 4.79 Å². The molecule has 1 fully saturated rings. The molecule has 16 heavy (non-hydrogen) atoms. The Balaban J connectivity index is 2.28. The number of aromatic amines is 1. The van der Waals surface area contributed by atoms with Gasteiger partial charge in [0.2, 0.25) is 0 Å². The molecule has 6 heteroatoms. The summed E-state index contributed by atoms with van der Waals surface area (Å²) < 4.78 is 0.475. The molecule has 0 bridgehead atoms. The molecule has 88 valence electrons. The number of nitrogens with zero attached hydrogens (tertiary/aromatic N) is 3. The topological polar surface area (TPSA) is 52.2 Å². The Morgan fingerprint density at radius 3 is 2.94 bits per heavy atom. The normalized spacial score (nSPS) is 23.6. The van der Waals surface area contributed by atoms with Crippen LogP contribution in [0.5, 0.6) is 0 Å². The molecule has 1 saturated heterocycles. The Kier molecular flexibility index (Phi) is 3.41. The van der Waals surface area contributed by atoms with Crippen molar-refractivity contribution in [2.75, 3.05) is 33.7 Å². The van der Waals surface area contributed by atoms with Crippen LogP contribution < -0.4 is 5.56 Å². The van der Waals surface area contributed by atoms with E-state index in [0.717, 1.165) is 25.5 Å². The van der Waals surface area contributed by atoms with Crippen molar-refractivity contribution in [2.45, 2.75) is 6.04 Å². The smallest absolute Gasteiger partial charge is 0.265 e. The van der Waals surface area contributed by atoms with Gasteiger partial charge in [-0.2, -0.15) is 0 Å². The van der Waals surface area contributed by atoms with Crippen LogP contribution in [0.4, 0.5) is 0 Å². The number of hydrogen-bond acceptors (Lipinski definition) is 4. The largest absolute Gasteiger partial charge is 0.308 e. The van der Waals surface area contributed by atoms with Gasteiger partial charge in [-0.05, 0) is 30.0 Å². The van der Waals surface area contributed by atoms with E-state index in [1.165, 1.54) is 0 Å². The average molecular weight is 287 g/mol. The molecule has 2 heterocycles. The number of H-pyrrole nitrogens is 1. The van der Waals surface area contributed by atoms with Crippen LogP contribution in [-0.4, -0.2) is 53.5 Å². The van der Waals surface area contributed by atoms with Crippen LogP contribution in [0.25, 0.3) is 0 Å². The fraction of sp³-hybridized carbons (Fsp3) is 0.600. The van der Waals surface area contributed by atoms with Gasteiger partial charge >= 0.3 is 0 Å². The first-order chi connectivity index (χ1) is 7.58. The molecule has 0 aliphatic carbocycles. The minimum Gasteiger partial charge on any atom is -0.308 e. The van der Waals surface area contributed by atoms with E-state index in [0.29, 0.717) is 4.47 Å². The first-order valence-corrected chi connectivity index (χ1v) is 6.00. The molecule has 0 spiro atoms. The number of piperazine rings is 1. The Morgan fingerprint density at radius 1 is 1.50 bits per heavy atom. The third-order valence-electron chi connectivity index (χ3n) is 2.94. The fourth-order valence-electron chi connectivity index (χ4n) is 1.87. The molecule has 0 aromatic carbocycles. The molecule has 0 amide bonds. The summed E-state index contributed by atoms with van der Waals surface area (Å²) in [5.41, 5.74) is -0.119. The standard InChI is InChI=1S/C10H15BrN4O/c1-14-3-4-15(2)8(6-14)9-12-5-7(11)10(16)13-9/h5,8H,3-4,6H2,1-2H3,(H,12,13,16). The number of halogens is 1. The maximum absolute atomic E-state index is 11.5. The number of likely N-dealkylation sites (N-methyl/N-ethyl adjacent to an activating group) is 2. The van der Waals surface area contributed by atoms with Gasteiger partial charge in [-0.3, -0.25) is 9.69 Å². The third-order valence-corrected chi connectivity index (χ3v) is 3.51. The van der Waals surface area contributed by atoms with Gasteiger partial charge in [0, 0.05) is 25.8 Å². The van der Waals surface area contributed by atoms with E-state index in [-0.39, 0.29) is 11.6 Å². The highest BCUT2D eigenvalue weighted by Gasteiger charge is 2.25. The quantitative estimate of drug-likeness (QED) is 0.815. The molecule has 1 aromatic rings. The van der Waals surface area contributed by atoms with Crippen LogP contribution in [0.3, 0.4) is 0 Å². The molecule has 1 unspecified atom stereocenters. The van der Waals surface area contributed by atoms with Gasteiger partial charge in [0.25, 0.3) is 5.56 Å². The molecule has 1 aliphatic rings. The van der Waals surface area contributed by atoms with Gasteiger partial charge in [0.05, 0.1) is 6.04 Å². The number of hydrogen-bond donors (Lipinski definition) is 1. The van der Waals surface area contributed by atoms with Crippen LogP contribution in [0.2, 0.25) is 0 Å². The second-order valence-corrected chi connectivity index (χ2v) is 5.06. The zero-order valence-corrected chi connectivity index (χ0v) is 11.0. The predicted octanol–water partition coefficient (Wildman–Crippen LogP) is 0.451. The Morgan fingerprint density at radius 2 is 2.25 bits per heavy atom. The number of nitrogens with one attached hydrogen (secondary N) is 1. The molecule has 0 saturated carbocycles. The minimum absolute atomic E-state index is 0.119. The Hall–Kier alpha value is -0.720. The highest BCUT2D eigenvalue weighted by Crippen LogP contribution is 2.19. The summed E-state index contributed by atoms with van der Waals surface area (Å²) in [4.78, 5) is 23.0. The second kappa shape index (κ2) is 4.65. The van der Waals surface area contributed by atoms with Gasteiger partial charge in [0.1, 0.15) is 10.3 Å². The monoisotopic (exact) mass is 286 g/mol. The van der Waals surface area contributed by atoms with Crippen LogP contribution in [0.1, 0.15) is 11.9 Å². The van der Waals surface area contributed by atoms with Gasteiger partial charge in [0.15, 0.2) is 0 Å². The van der Waals surface area contributed by atoms with Gasteiger partial charge in [-0.1, -0.05) is 0 Å². The summed E-state index contributed by atoms with van der Waals surface area (Å²) in [6, 6.07) is 0.166. The van der Waals surface area contributed by atoms with Gasteiger partial charge < -0.3 is 9.88 Å². The van der Waals surface area contributed by atoms with Gasteiger partial charge in [-0.25, -0.2) is 4.98 Å². The van der Waals surface area contributed by atoms with Crippen LogP contribution in [0.15, 0.2) is 15.5 Å². The van der Waals surface area contributed by atoms with E-state index in [2.05, 4.69) is 49.8 Å². The zero-order valence-electron chi connectivity index (χ0n) is 9.40. The first kappa shape index (κ1) is 11.8. The van der Waals surface area contributed by atoms with Crippen LogP contribution in [-0.2, 0) is 0 Å². The Labute approximate surface area is 103 Å². The van der Waals surface area contributed by atoms with Crippen molar-refractivity contribution in [3.8, 4) is 0 Å². The van der Waals surface area contributed by atoms with Crippen molar-refractivity contribution in [1.29, 1.82) is 0 Å². The molecular formula is C10H15BrN4O. The van der Waals surface area contributed by atoms with E-state index in [4.69, 9.17) is 0 Å². The van der Waals surface area contributed by atoms with Crippen LogP contribution in [0, 0.1) is 0 Å². The van der Waals surface area contributed by atoms with Crippen molar-refractivity contribution >= 4 is 15.9 Å². The van der Waals surface area contributed by atoms with Crippen molar-refractivity contribution in [3.05, 3.63) is 26.8 Å². The molecule has 5 nitrogen and oxygen atoms in total. The van der Waals surface area contributed by atoms with Gasteiger partial charge in [-0.15, -0.1) is 0 Å². The summed E-state index contributed by atoms with van der Waals surface area (Å²) >= 11 is 3.15. The van der Waals surface area contributed by atoms with E-state index < -0.39 is 0 Å². The molecular weight excluding hydrogens is 272 g/mol.